The first-order valence-corrected chi connectivity index (χ1v) is 24.6. The van der Waals surface area contributed by atoms with Crippen LogP contribution in [-0.2, 0) is 52.7 Å². The molecule has 0 spiro atoms. The number of thioether (sulfide) groups is 1. The summed E-state index contributed by atoms with van der Waals surface area (Å²) in [7, 11) is 11.4. The standard InChI is InChI=1S/C40H72N10O13S3/c1-24(49(14)30(52)17-41-32(54)25(2)43-37(59)61-39(4,5)6)20-65-66-21-28(35(57)50(15)26(3)34(56)46(10)11)45-63-31(53)18-42-33(55)27(44-38(60)62-40(7,8)9)19-47(12)36(58)29(22-64-16)48(13)23-51/h23-29,45H,17-22H2,1-16H3,(H,41,54)(H,42,55)(H,43,59)(H,44,60)/t24?,25-,26+,27-,28+,29-/m1/s1. The molecule has 0 saturated heterocycles. The van der Waals surface area contributed by atoms with Gasteiger partial charge in [0, 0.05) is 72.1 Å². The van der Waals surface area contributed by atoms with Crippen LogP contribution >= 0.6 is 33.3 Å². The largest absolute Gasteiger partial charge is 0.444 e. The summed E-state index contributed by atoms with van der Waals surface area (Å²) in [5.74, 6) is -3.79. The van der Waals surface area contributed by atoms with Gasteiger partial charge in [0.15, 0.2) is 0 Å². The molecule has 6 atom stereocenters. The van der Waals surface area contributed by atoms with Gasteiger partial charge in [0.2, 0.25) is 41.9 Å². The van der Waals surface area contributed by atoms with Gasteiger partial charge in [-0.3, -0.25) is 33.6 Å². The van der Waals surface area contributed by atoms with E-state index in [1.54, 1.807) is 61.8 Å². The number of nitrogens with one attached hydrogen (secondary N) is 5. The van der Waals surface area contributed by atoms with Crippen LogP contribution in [0.3, 0.4) is 0 Å². The van der Waals surface area contributed by atoms with Crippen molar-refractivity contribution in [2.45, 2.75) is 110 Å². The molecule has 0 aromatic heterocycles. The van der Waals surface area contributed by atoms with Crippen molar-refractivity contribution < 1.29 is 62.3 Å². The molecule has 378 valence electrons. The number of amides is 9. The second kappa shape index (κ2) is 29.2. The lowest BCUT2D eigenvalue weighted by Gasteiger charge is -2.30. The molecule has 66 heavy (non-hydrogen) atoms. The molecule has 0 aromatic rings. The molecular formula is C40H72N10O13S3. The highest BCUT2D eigenvalue weighted by Crippen LogP contribution is 2.25. The van der Waals surface area contributed by atoms with Crippen LogP contribution in [0.5, 0.6) is 0 Å². The van der Waals surface area contributed by atoms with E-state index < -0.39 is 95.6 Å². The van der Waals surface area contributed by atoms with Crippen LogP contribution < -0.4 is 26.7 Å². The van der Waals surface area contributed by atoms with Crippen molar-refractivity contribution in [2.75, 3.05) is 85.4 Å². The van der Waals surface area contributed by atoms with E-state index in [-0.39, 0.29) is 36.5 Å². The minimum absolute atomic E-state index is 0.00159. The Kier molecular flexibility index (Phi) is 27.1. The fraction of sp³-hybridized carbons (Fsp3) is 0.750. The smallest absolute Gasteiger partial charge is 0.408 e. The summed E-state index contributed by atoms with van der Waals surface area (Å²) in [6.45, 7) is 13.2. The first-order valence-electron chi connectivity index (χ1n) is 20.8. The Morgan fingerprint density at radius 1 is 0.652 bits per heavy atom. The van der Waals surface area contributed by atoms with E-state index in [1.807, 2.05) is 0 Å². The normalized spacial score (nSPS) is 14.0. The fourth-order valence-corrected chi connectivity index (χ4v) is 8.28. The number of rotatable bonds is 26. The number of hydroxylamine groups is 1. The average molecular weight is 997 g/mol. The third-order valence-corrected chi connectivity index (χ3v) is 12.3. The van der Waals surface area contributed by atoms with E-state index in [2.05, 4.69) is 26.7 Å². The second-order valence-corrected chi connectivity index (χ2v) is 20.9. The molecule has 0 aliphatic carbocycles. The summed E-state index contributed by atoms with van der Waals surface area (Å²) >= 11 is 1.33. The van der Waals surface area contributed by atoms with Gasteiger partial charge in [-0.15, -0.1) is 5.48 Å². The zero-order valence-electron chi connectivity index (χ0n) is 41.1. The van der Waals surface area contributed by atoms with Crippen LogP contribution in [0.1, 0.15) is 62.3 Å². The maximum Gasteiger partial charge on any atom is 0.408 e. The molecule has 0 bridgehead atoms. The van der Waals surface area contributed by atoms with E-state index >= 15 is 0 Å². The fourth-order valence-electron chi connectivity index (χ4n) is 5.05. The van der Waals surface area contributed by atoms with E-state index in [1.165, 1.54) is 107 Å². The minimum Gasteiger partial charge on any atom is -0.444 e. The lowest BCUT2D eigenvalue weighted by molar-refractivity contribution is -0.157. The van der Waals surface area contributed by atoms with Crippen LogP contribution in [0.15, 0.2) is 0 Å². The first kappa shape index (κ1) is 61.3. The van der Waals surface area contributed by atoms with Crippen molar-refractivity contribution >= 4 is 93.4 Å². The van der Waals surface area contributed by atoms with Crippen LogP contribution in [0.2, 0.25) is 0 Å². The number of alkyl carbamates (subject to hydrolysis) is 2. The van der Waals surface area contributed by atoms with Gasteiger partial charge in [-0.05, 0) is 68.6 Å². The quantitative estimate of drug-likeness (QED) is 0.0249. The van der Waals surface area contributed by atoms with Crippen LogP contribution in [0.25, 0.3) is 0 Å². The molecule has 0 aliphatic rings. The predicted octanol–water partition coefficient (Wildman–Crippen LogP) is -0.117. The lowest BCUT2D eigenvalue weighted by atomic mass is 10.2. The van der Waals surface area contributed by atoms with Crippen LogP contribution in [0, 0.1) is 0 Å². The van der Waals surface area contributed by atoms with Gasteiger partial charge in [0.05, 0.1) is 6.54 Å². The average Bonchev–Trinajstić information content (AvgIpc) is 3.22. The molecule has 5 N–H and O–H groups in total. The molecule has 0 heterocycles. The summed E-state index contributed by atoms with van der Waals surface area (Å²) in [6.07, 6.45) is 0.507. The Balaban J connectivity index is 5.79. The number of carbonyl (C=O) groups excluding carboxylic acids is 10. The maximum atomic E-state index is 13.7. The van der Waals surface area contributed by atoms with E-state index in [0.29, 0.717) is 12.2 Å². The number of likely N-dealkylation sites (N-methyl/N-ethyl adjacent to an activating group) is 5. The molecule has 0 aliphatic heterocycles. The Morgan fingerprint density at radius 2 is 1.18 bits per heavy atom. The summed E-state index contributed by atoms with van der Waals surface area (Å²) in [6, 6.07) is -5.71. The van der Waals surface area contributed by atoms with Gasteiger partial charge in [0.25, 0.3) is 0 Å². The topological polar surface area (TPSA) is 275 Å². The lowest BCUT2D eigenvalue weighted by Crippen LogP contribution is -2.57. The zero-order chi connectivity index (χ0) is 51.3. The number of hydrogen-bond acceptors (Lipinski definition) is 17. The van der Waals surface area contributed by atoms with Crippen molar-refractivity contribution in [3.8, 4) is 0 Å². The number of ether oxygens (including phenoxy) is 2. The minimum atomic E-state index is -1.43. The zero-order valence-corrected chi connectivity index (χ0v) is 43.5. The Labute approximate surface area is 400 Å². The summed E-state index contributed by atoms with van der Waals surface area (Å²) in [5.41, 5.74) is 0.745. The number of nitrogens with zero attached hydrogens (tertiary/aromatic N) is 5. The van der Waals surface area contributed by atoms with Crippen molar-refractivity contribution in [1.29, 1.82) is 0 Å². The summed E-state index contributed by atoms with van der Waals surface area (Å²) in [5, 5.41) is 9.68. The van der Waals surface area contributed by atoms with Gasteiger partial charge < -0.3 is 60.1 Å². The molecular weight excluding hydrogens is 925 g/mol. The monoisotopic (exact) mass is 996 g/mol. The Hall–Kier alpha value is -4.69. The molecule has 0 fully saturated rings. The number of carbonyl (C=O) groups is 10. The maximum absolute atomic E-state index is 13.7. The molecule has 23 nitrogen and oxygen atoms in total. The second-order valence-electron chi connectivity index (χ2n) is 17.4. The van der Waals surface area contributed by atoms with Crippen molar-refractivity contribution in [3.05, 3.63) is 0 Å². The third kappa shape index (κ3) is 23.7. The van der Waals surface area contributed by atoms with Crippen LogP contribution in [-0.4, -0.2) is 217 Å². The van der Waals surface area contributed by atoms with Gasteiger partial charge in [-0.25, -0.2) is 14.4 Å². The molecule has 0 aromatic carbocycles. The first-order chi connectivity index (χ1) is 30.4. The van der Waals surface area contributed by atoms with E-state index in [4.69, 9.17) is 14.3 Å². The summed E-state index contributed by atoms with van der Waals surface area (Å²) in [4.78, 5) is 139. The molecule has 9 amide bonds. The molecule has 0 radical (unpaired) electrons. The Morgan fingerprint density at radius 3 is 1.70 bits per heavy atom. The van der Waals surface area contributed by atoms with Gasteiger partial charge in [-0.2, -0.15) is 11.8 Å². The van der Waals surface area contributed by atoms with Crippen molar-refractivity contribution in [1.82, 2.24) is 51.2 Å². The van der Waals surface area contributed by atoms with Crippen molar-refractivity contribution in [2.24, 2.45) is 0 Å². The third-order valence-electron chi connectivity index (χ3n) is 9.08. The SMILES string of the molecule is CSC[C@H](C(=O)N(C)C[C@@H](NC(=O)OC(C)(C)C)C(=O)NCC(=O)ON[C@@H](CSSCC(C)N(C)C(=O)CNC(=O)[C@@H](C)NC(=O)OC(C)(C)C)C(=O)N(C)[C@@H](C)C(=O)N(C)C)N(C)C=O. The van der Waals surface area contributed by atoms with Gasteiger partial charge >= 0.3 is 18.2 Å². The molecule has 0 rings (SSSR count). The highest BCUT2D eigenvalue weighted by molar-refractivity contribution is 8.76. The Bertz CT molecular complexity index is 1680. The highest BCUT2D eigenvalue weighted by Gasteiger charge is 2.33. The van der Waals surface area contributed by atoms with E-state index in [9.17, 15) is 47.9 Å². The molecule has 0 saturated carbocycles. The van der Waals surface area contributed by atoms with E-state index in [0.717, 1.165) is 0 Å². The van der Waals surface area contributed by atoms with Crippen molar-refractivity contribution in [3.63, 3.8) is 0 Å². The molecule has 26 heteroatoms. The predicted molar refractivity (Wildman–Crippen MR) is 253 cm³/mol. The van der Waals surface area contributed by atoms with Crippen LogP contribution in [0.4, 0.5) is 9.59 Å². The molecule has 1 unspecified atom stereocenters. The van der Waals surface area contributed by atoms with Gasteiger partial charge in [-0.1, -0.05) is 21.6 Å². The number of hydrogen-bond donors (Lipinski definition) is 5. The van der Waals surface area contributed by atoms with Gasteiger partial charge in [0.1, 0.15) is 48.0 Å². The highest BCUT2D eigenvalue weighted by atomic mass is 33.1. The summed E-state index contributed by atoms with van der Waals surface area (Å²) < 4.78 is 10.5.